The Balaban J connectivity index is 2.23. The van der Waals surface area contributed by atoms with Crippen LogP contribution in [0, 0.1) is 0 Å². The Kier molecular flexibility index (Phi) is 7.46. The average Bonchev–Trinajstić information content (AvgIpc) is 2.37. The van der Waals surface area contributed by atoms with Gasteiger partial charge in [0, 0.05) is 0 Å². The minimum absolute atomic E-state index is 1.16. The molecule has 0 radical (unpaired) electrons. The van der Waals surface area contributed by atoms with Crippen molar-refractivity contribution in [3.05, 3.63) is 48.0 Å². The van der Waals surface area contributed by atoms with Gasteiger partial charge in [-0.25, -0.2) is 0 Å². The summed E-state index contributed by atoms with van der Waals surface area (Å²) in [4.78, 5) is 0. The predicted molar refractivity (Wildman–Crippen MR) is 77.4 cm³/mol. The highest BCUT2D eigenvalue weighted by atomic mass is 14.0. The normalized spacial score (nSPS) is 10.4. The predicted octanol–water partition coefficient (Wildman–Crippen LogP) is 5.32. The van der Waals surface area contributed by atoms with Crippen LogP contribution in [0.4, 0.5) is 0 Å². The molecule has 0 fully saturated rings. The molecule has 0 saturated heterocycles. The van der Waals surface area contributed by atoms with Crippen LogP contribution in [0.25, 0.3) is 0 Å². The van der Waals surface area contributed by atoms with E-state index in [1.54, 1.807) is 0 Å². The molecule has 0 spiro atoms. The van der Waals surface area contributed by atoms with Crippen LogP contribution in [0.5, 0.6) is 0 Å². The van der Waals surface area contributed by atoms with E-state index < -0.39 is 0 Å². The molecule has 0 nitrogen and oxygen atoms in total. The Morgan fingerprint density at radius 2 is 1.47 bits per heavy atom. The Morgan fingerprint density at radius 3 is 2.00 bits per heavy atom. The topological polar surface area (TPSA) is 0 Å². The molecule has 0 aliphatic rings. The molecular formula is C17H26. The maximum Gasteiger partial charge on any atom is -0.0279 e. The van der Waals surface area contributed by atoms with Crippen LogP contribution in [0.15, 0.2) is 36.9 Å². The molecule has 0 amide bonds. The van der Waals surface area contributed by atoms with Gasteiger partial charge >= 0.3 is 0 Å². The molecule has 0 heteroatoms. The second kappa shape index (κ2) is 9.04. The first-order valence-corrected chi connectivity index (χ1v) is 7.05. The average molecular weight is 230 g/mol. The van der Waals surface area contributed by atoms with Gasteiger partial charge in [-0.05, 0) is 49.7 Å². The van der Waals surface area contributed by atoms with Gasteiger partial charge < -0.3 is 0 Å². The van der Waals surface area contributed by atoms with Gasteiger partial charge in [0.15, 0.2) is 0 Å². The molecule has 17 heavy (non-hydrogen) atoms. The fourth-order valence-electron chi connectivity index (χ4n) is 2.05. The number of unbranched alkanes of at least 4 members (excludes halogenated alkanes) is 4. The number of benzene rings is 1. The van der Waals surface area contributed by atoms with Crippen LogP contribution in [-0.4, -0.2) is 0 Å². The molecule has 0 aromatic heterocycles. The van der Waals surface area contributed by atoms with Crippen molar-refractivity contribution in [2.75, 3.05) is 0 Å². The molecule has 0 aliphatic carbocycles. The fraction of sp³-hybridized carbons (Fsp3) is 0.529. The van der Waals surface area contributed by atoms with E-state index in [-0.39, 0.29) is 0 Å². The zero-order chi connectivity index (χ0) is 12.3. The van der Waals surface area contributed by atoms with Gasteiger partial charge in [0.1, 0.15) is 0 Å². The lowest BCUT2D eigenvalue weighted by molar-refractivity contribution is 0.687. The summed E-state index contributed by atoms with van der Waals surface area (Å²) in [6.45, 7) is 6.00. The summed E-state index contributed by atoms with van der Waals surface area (Å²) in [5.74, 6) is 0. The zero-order valence-electron chi connectivity index (χ0n) is 11.3. The van der Waals surface area contributed by atoms with E-state index in [9.17, 15) is 0 Å². The van der Waals surface area contributed by atoms with E-state index in [1.807, 2.05) is 6.08 Å². The Hall–Kier alpha value is -1.04. The first-order valence-electron chi connectivity index (χ1n) is 7.05. The van der Waals surface area contributed by atoms with Crippen LogP contribution in [-0.2, 0) is 12.8 Å². The van der Waals surface area contributed by atoms with Crippen LogP contribution >= 0.6 is 0 Å². The molecule has 1 rings (SSSR count). The SMILES string of the molecule is C=CCCCCCc1ccc(CCCC)cc1. The number of hydrogen-bond acceptors (Lipinski definition) is 0. The van der Waals surface area contributed by atoms with Gasteiger partial charge in [0.25, 0.3) is 0 Å². The zero-order valence-corrected chi connectivity index (χ0v) is 11.3. The van der Waals surface area contributed by atoms with E-state index in [0.717, 1.165) is 6.42 Å². The van der Waals surface area contributed by atoms with Crippen molar-refractivity contribution < 1.29 is 0 Å². The quantitative estimate of drug-likeness (QED) is 0.398. The highest BCUT2D eigenvalue weighted by Gasteiger charge is 1.95. The van der Waals surface area contributed by atoms with E-state index in [4.69, 9.17) is 0 Å². The maximum absolute atomic E-state index is 3.75. The summed E-state index contributed by atoms with van der Waals surface area (Å²) < 4.78 is 0. The Labute approximate surface area is 107 Å². The van der Waals surface area contributed by atoms with Crippen LogP contribution in [0.2, 0.25) is 0 Å². The Morgan fingerprint density at radius 1 is 0.882 bits per heavy atom. The highest BCUT2D eigenvalue weighted by molar-refractivity contribution is 5.22. The molecule has 1 aromatic rings. The number of aryl methyl sites for hydroxylation is 2. The van der Waals surface area contributed by atoms with E-state index in [0.29, 0.717) is 0 Å². The Bertz CT molecular complexity index is 294. The van der Waals surface area contributed by atoms with Crippen molar-refractivity contribution in [2.24, 2.45) is 0 Å². The third-order valence-corrected chi connectivity index (χ3v) is 3.22. The van der Waals surface area contributed by atoms with Gasteiger partial charge in [-0.1, -0.05) is 50.1 Å². The van der Waals surface area contributed by atoms with Gasteiger partial charge in [-0.3, -0.25) is 0 Å². The molecule has 0 heterocycles. The number of hydrogen-bond donors (Lipinski definition) is 0. The molecule has 0 bridgehead atoms. The van der Waals surface area contributed by atoms with E-state index in [1.165, 1.54) is 56.1 Å². The third kappa shape index (κ3) is 6.31. The standard InChI is InChI=1S/C17H26/c1-3-5-7-8-9-11-17-14-12-16(13-15-17)10-6-4-2/h3,12-15H,1,4-11H2,2H3. The lowest BCUT2D eigenvalue weighted by atomic mass is 10.0. The first kappa shape index (κ1) is 14.0. The molecule has 0 atom stereocenters. The summed E-state index contributed by atoms with van der Waals surface area (Å²) in [7, 11) is 0. The van der Waals surface area contributed by atoms with Crippen molar-refractivity contribution in [1.29, 1.82) is 0 Å². The summed E-state index contributed by atoms with van der Waals surface area (Å²) in [5.41, 5.74) is 2.98. The van der Waals surface area contributed by atoms with Crippen molar-refractivity contribution in [3.63, 3.8) is 0 Å². The summed E-state index contributed by atoms with van der Waals surface area (Å²) in [5, 5.41) is 0. The summed E-state index contributed by atoms with van der Waals surface area (Å²) in [6.07, 6.45) is 12.1. The molecule has 1 aromatic carbocycles. The number of allylic oxidation sites excluding steroid dienone is 1. The lowest BCUT2D eigenvalue weighted by Gasteiger charge is -2.04. The second-order valence-corrected chi connectivity index (χ2v) is 4.81. The summed E-state index contributed by atoms with van der Waals surface area (Å²) >= 11 is 0. The molecule has 0 unspecified atom stereocenters. The fourth-order valence-corrected chi connectivity index (χ4v) is 2.05. The lowest BCUT2D eigenvalue weighted by Crippen LogP contribution is -1.88. The second-order valence-electron chi connectivity index (χ2n) is 4.81. The minimum Gasteiger partial charge on any atom is -0.103 e. The highest BCUT2D eigenvalue weighted by Crippen LogP contribution is 2.11. The first-order chi connectivity index (χ1) is 8.36. The van der Waals surface area contributed by atoms with E-state index >= 15 is 0 Å². The van der Waals surface area contributed by atoms with Gasteiger partial charge in [-0.15, -0.1) is 6.58 Å². The smallest absolute Gasteiger partial charge is 0.0279 e. The largest absolute Gasteiger partial charge is 0.103 e. The summed E-state index contributed by atoms with van der Waals surface area (Å²) in [6, 6.07) is 9.21. The van der Waals surface area contributed by atoms with Crippen LogP contribution in [0.1, 0.15) is 56.6 Å². The van der Waals surface area contributed by atoms with Crippen LogP contribution < -0.4 is 0 Å². The molecular weight excluding hydrogens is 204 g/mol. The minimum atomic E-state index is 1.16. The molecule has 0 N–H and O–H groups in total. The third-order valence-electron chi connectivity index (χ3n) is 3.22. The van der Waals surface area contributed by atoms with Crippen LogP contribution in [0.3, 0.4) is 0 Å². The number of rotatable bonds is 9. The van der Waals surface area contributed by atoms with Crippen molar-refractivity contribution in [3.8, 4) is 0 Å². The van der Waals surface area contributed by atoms with Gasteiger partial charge in [0.05, 0.1) is 0 Å². The van der Waals surface area contributed by atoms with Crippen molar-refractivity contribution in [2.45, 2.75) is 58.3 Å². The van der Waals surface area contributed by atoms with E-state index in [2.05, 4.69) is 37.8 Å². The van der Waals surface area contributed by atoms with Gasteiger partial charge in [0.2, 0.25) is 0 Å². The van der Waals surface area contributed by atoms with Gasteiger partial charge in [-0.2, -0.15) is 0 Å². The van der Waals surface area contributed by atoms with Crippen molar-refractivity contribution >= 4 is 0 Å². The molecule has 0 saturated carbocycles. The van der Waals surface area contributed by atoms with Crippen molar-refractivity contribution in [1.82, 2.24) is 0 Å². The molecule has 94 valence electrons. The molecule has 0 aliphatic heterocycles. The maximum atomic E-state index is 3.75. The monoisotopic (exact) mass is 230 g/mol.